The first kappa shape index (κ1) is 17.8. The van der Waals surface area contributed by atoms with Crippen LogP contribution in [0.25, 0.3) is 33.0 Å². The quantitative estimate of drug-likeness (QED) is 0.560. The van der Waals surface area contributed by atoms with Crippen LogP contribution < -0.4 is 10.9 Å². The maximum absolute atomic E-state index is 13.6. The van der Waals surface area contributed by atoms with Crippen molar-refractivity contribution in [2.45, 2.75) is 18.9 Å². The summed E-state index contributed by atoms with van der Waals surface area (Å²) >= 11 is 0. The lowest BCUT2D eigenvalue weighted by molar-refractivity contribution is 0.587. The lowest BCUT2D eigenvalue weighted by Gasteiger charge is -2.20. The topological polar surface area (TPSA) is 46.9 Å². The molecule has 1 atom stereocenters. The molecule has 0 bridgehead atoms. The van der Waals surface area contributed by atoms with Crippen LogP contribution in [-0.4, -0.2) is 16.1 Å². The van der Waals surface area contributed by atoms with Crippen LogP contribution in [0.1, 0.15) is 24.6 Å². The Labute approximate surface area is 169 Å². The Bertz CT molecular complexity index is 1240. The summed E-state index contributed by atoms with van der Waals surface area (Å²) < 4.78 is 1.82. The van der Waals surface area contributed by atoms with Crippen molar-refractivity contribution in [1.29, 1.82) is 0 Å². The minimum Gasteiger partial charge on any atom is -0.314 e. The summed E-state index contributed by atoms with van der Waals surface area (Å²) in [6.45, 7) is 0.996. The fraction of sp³-hybridized carbons (Fsp3) is 0.200. The molecule has 1 unspecified atom stereocenters. The average molecular weight is 381 g/mol. The molecule has 1 N–H and O–H groups in total. The van der Waals surface area contributed by atoms with Crippen molar-refractivity contribution in [3.63, 3.8) is 0 Å². The van der Waals surface area contributed by atoms with Gasteiger partial charge < -0.3 is 9.88 Å². The highest BCUT2D eigenvalue weighted by molar-refractivity contribution is 5.91. The van der Waals surface area contributed by atoms with E-state index in [4.69, 9.17) is 0 Å². The minimum absolute atomic E-state index is 0.0401. The molecule has 2 aromatic carbocycles. The fourth-order valence-electron chi connectivity index (χ4n) is 4.37. The van der Waals surface area contributed by atoms with Gasteiger partial charge >= 0.3 is 0 Å². The molecule has 3 heterocycles. The van der Waals surface area contributed by atoms with E-state index in [0.29, 0.717) is 0 Å². The summed E-state index contributed by atoms with van der Waals surface area (Å²) in [5.74, 6) is 0. The lowest BCUT2D eigenvalue weighted by Crippen LogP contribution is -2.27. The van der Waals surface area contributed by atoms with Gasteiger partial charge in [-0.05, 0) is 71.1 Å². The van der Waals surface area contributed by atoms with E-state index in [9.17, 15) is 4.79 Å². The van der Waals surface area contributed by atoms with Gasteiger partial charge in [-0.15, -0.1) is 0 Å². The predicted molar refractivity (Wildman–Crippen MR) is 118 cm³/mol. The van der Waals surface area contributed by atoms with E-state index >= 15 is 0 Å². The SMILES string of the molecule is Cn1c(C2CCCN2)cc(-c2ccncc2)c(-c2ccc3ccccc3c2)c1=O. The Morgan fingerprint density at radius 1 is 0.966 bits per heavy atom. The molecule has 0 aliphatic carbocycles. The largest absolute Gasteiger partial charge is 0.314 e. The van der Waals surface area contributed by atoms with Gasteiger partial charge in [-0.25, -0.2) is 0 Å². The number of fused-ring (bicyclic) bond motifs is 1. The van der Waals surface area contributed by atoms with Gasteiger partial charge in [0.2, 0.25) is 0 Å². The number of nitrogens with zero attached hydrogens (tertiary/aromatic N) is 2. The van der Waals surface area contributed by atoms with Crippen molar-refractivity contribution in [3.8, 4) is 22.3 Å². The number of nitrogens with one attached hydrogen (secondary N) is 1. The number of hydrogen-bond acceptors (Lipinski definition) is 3. The van der Waals surface area contributed by atoms with E-state index in [1.807, 2.05) is 35.9 Å². The number of benzene rings is 2. The molecule has 4 nitrogen and oxygen atoms in total. The van der Waals surface area contributed by atoms with Crippen molar-refractivity contribution in [3.05, 3.63) is 89.1 Å². The molecule has 4 heteroatoms. The van der Waals surface area contributed by atoms with E-state index in [1.54, 1.807) is 12.4 Å². The average Bonchev–Trinajstić information content (AvgIpc) is 3.30. The maximum Gasteiger partial charge on any atom is 0.259 e. The zero-order chi connectivity index (χ0) is 19.8. The zero-order valence-electron chi connectivity index (χ0n) is 16.4. The Kier molecular flexibility index (Phi) is 4.49. The molecule has 1 aliphatic rings. The third kappa shape index (κ3) is 3.15. The Hall–Kier alpha value is -3.24. The van der Waals surface area contributed by atoms with Crippen molar-refractivity contribution in [1.82, 2.24) is 14.9 Å². The molecule has 2 aromatic heterocycles. The van der Waals surface area contributed by atoms with Gasteiger partial charge in [0, 0.05) is 31.2 Å². The second-order valence-electron chi connectivity index (χ2n) is 7.67. The normalized spacial score (nSPS) is 16.4. The lowest BCUT2D eigenvalue weighted by atomic mass is 9.93. The first-order valence-electron chi connectivity index (χ1n) is 10.1. The van der Waals surface area contributed by atoms with E-state index in [0.717, 1.165) is 52.7 Å². The Morgan fingerprint density at radius 3 is 2.52 bits per heavy atom. The van der Waals surface area contributed by atoms with E-state index < -0.39 is 0 Å². The van der Waals surface area contributed by atoms with Gasteiger partial charge in [-0.3, -0.25) is 9.78 Å². The first-order chi connectivity index (χ1) is 14.2. The molecule has 4 aromatic rings. The number of aromatic nitrogens is 2. The van der Waals surface area contributed by atoms with Crippen molar-refractivity contribution in [2.24, 2.45) is 7.05 Å². The molecule has 1 aliphatic heterocycles. The summed E-state index contributed by atoms with van der Waals surface area (Å²) in [5.41, 5.74) is 4.75. The van der Waals surface area contributed by atoms with Crippen LogP contribution in [0.4, 0.5) is 0 Å². The Morgan fingerprint density at radius 2 is 1.76 bits per heavy atom. The van der Waals surface area contributed by atoms with Crippen LogP contribution in [-0.2, 0) is 7.05 Å². The van der Waals surface area contributed by atoms with Gasteiger partial charge in [0.1, 0.15) is 0 Å². The highest BCUT2D eigenvalue weighted by atomic mass is 16.1. The second-order valence-corrected chi connectivity index (χ2v) is 7.67. The molecule has 1 saturated heterocycles. The van der Waals surface area contributed by atoms with Crippen LogP contribution in [0.15, 0.2) is 77.9 Å². The highest BCUT2D eigenvalue weighted by Gasteiger charge is 2.23. The van der Waals surface area contributed by atoms with Crippen molar-refractivity contribution < 1.29 is 0 Å². The summed E-state index contributed by atoms with van der Waals surface area (Å²) in [6.07, 6.45) is 5.75. The molecule has 0 radical (unpaired) electrons. The van der Waals surface area contributed by atoms with E-state index in [-0.39, 0.29) is 11.6 Å². The van der Waals surface area contributed by atoms with Gasteiger partial charge in [-0.2, -0.15) is 0 Å². The molecule has 0 amide bonds. The molecule has 0 saturated carbocycles. The predicted octanol–water partition coefficient (Wildman–Crippen LogP) is 4.69. The van der Waals surface area contributed by atoms with E-state index in [2.05, 4.69) is 46.7 Å². The second kappa shape index (κ2) is 7.30. The summed E-state index contributed by atoms with van der Waals surface area (Å²) in [7, 11) is 1.89. The van der Waals surface area contributed by atoms with E-state index in [1.165, 1.54) is 5.39 Å². The molecule has 144 valence electrons. The molecule has 29 heavy (non-hydrogen) atoms. The van der Waals surface area contributed by atoms with Crippen LogP contribution in [0.3, 0.4) is 0 Å². The van der Waals surface area contributed by atoms with Crippen molar-refractivity contribution >= 4 is 10.8 Å². The molecular weight excluding hydrogens is 358 g/mol. The molecule has 1 fully saturated rings. The van der Waals surface area contributed by atoms with Crippen LogP contribution in [0, 0.1) is 0 Å². The molecule has 0 spiro atoms. The zero-order valence-corrected chi connectivity index (χ0v) is 16.4. The monoisotopic (exact) mass is 381 g/mol. The summed E-state index contributed by atoms with van der Waals surface area (Å²) in [6, 6.07) is 20.9. The molecule has 5 rings (SSSR count). The van der Waals surface area contributed by atoms with Gasteiger partial charge in [0.25, 0.3) is 5.56 Å². The fourth-order valence-corrected chi connectivity index (χ4v) is 4.37. The number of hydrogen-bond donors (Lipinski definition) is 1. The standard InChI is InChI=1S/C25H23N3O/c1-28-23(22-7-4-12-27-22)16-21(18-10-13-26-14-11-18)24(25(28)29)20-9-8-17-5-2-3-6-19(17)15-20/h2-3,5-6,8-11,13-16,22,27H,4,7,12H2,1H3. The smallest absolute Gasteiger partial charge is 0.259 e. The van der Waals surface area contributed by atoms with Crippen molar-refractivity contribution in [2.75, 3.05) is 6.54 Å². The summed E-state index contributed by atoms with van der Waals surface area (Å²) in [5, 5.41) is 5.84. The highest BCUT2D eigenvalue weighted by Crippen LogP contribution is 2.34. The minimum atomic E-state index is 0.0401. The molecular formula is C25H23N3O. The van der Waals surface area contributed by atoms with Gasteiger partial charge in [0.05, 0.1) is 5.56 Å². The van der Waals surface area contributed by atoms with Crippen LogP contribution in [0.5, 0.6) is 0 Å². The Balaban J connectivity index is 1.79. The number of pyridine rings is 2. The van der Waals surface area contributed by atoms with Gasteiger partial charge in [0.15, 0.2) is 0 Å². The first-order valence-corrected chi connectivity index (χ1v) is 10.1. The summed E-state index contributed by atoms with van der Waals surface area (Å²) in [4.78, 5) is 17.8. The number of rotatable bonds is 3. The third-order valence-electron chi connectivity index (χ3n) is 5.91. The third-order valence-corrected chi connectivity index (χ3v) is 5.91. The van der Waals surface area contributed by atoms with Crippen LogP contribution >= 0.6 is 0 Å². The maximum atomic E-state index is 13.6. The van der Waals surface area contributed by atoms with Gasteiger partial charge in [-0.1, -0.05) is 36.4 Å². The van der Waals surface area contributed by atoms with Crippen LogP contribution in [0.2, 0.25) is 0 Å².